The van der Waals surface area contributed by atoms with Crippen molar-refractivity contribution in [3.8, 4) is 0 Å². The highest BCUT2D eigenvalue weighted by atomic mass is 19.1. The molecule has 0 aromatic heterocycles. The first-order valence-electron chi connectivity index (χ1n) is 5.77. The van der Waals surface area contributed by atoms with Gasteiger partial charge in [-0.05, 0) is 25.1 Å². The second-order valence-electron chi connectivity index (χ2n) is 4.18. The molecule has 1 heterocycles. The van der Waals surface area contributed by atoms with Crippen LogP contribution in [-0.2, 0) is 0 Å². The number of nitrogens with one attached hydrogen (secondary N) is 1. The summed E-state index contributed by atoms with van der Waals surface area (Å²) < 4.78 is 27.6. The molecule has 1 aromatic rings. The van der Waals surface area contributed by atoms with E-state index in [0.717, 1.165) is 25.1 Å². The lowest BCUT2D eigenvalue weighted by Crippen LogP contribution is -2.29. The Labute approximate surface area is 103 Å². The molecule has 0 radical (unpaired) electrons. The van der Waals surface area contributed by atoms with Crippen LogP contribution < -0.4 is 10.2 Å². The summed E-state index contributed by atoms with van der Waals surface area (Å²) in [4.78, 5) is 12.3. The molecule has 0 aliphatic carbocycles. The summed E-state index contributed by atoms with van der Waals surface area (Å²) >= 11 is 0. The summed E-state index contributed by atoms with van der Waals surface area (Å²) in [5.41, 5.74) is -0.509. The lowest BCUT2D eigenvalue weighted by molar-refractivity contribution is 0.0696. The number of anilines is 1. The number of carbonyl (C=O) groups is 1. The SMILES string of the molecule is O=C(O)c1cc(F)c(N2CCCNCC2)c(F)c1. The zero-order valence-corrected chi connectivity index (χ0v) is 9.75. The molecule has 0 amide bonds. The average Bonchev–Trinajstić information content (AvgIpc) is 2.57. The third-order valence-electron chi connectivity index (χ3n) is 2.92. The van der Waals surface area contributed by atoms with E-state index in [2.05, 4.69) is 5.32 Å². The third-order valence-corrected chi connectivity index (χ3v) is 2.92. The number of hydrogen-bond donors (Lipinski definition) is 2. The first-order chi connectivity index (χ1) is 8.59. The van der Waals surface area contributed by atoms with Gasteiger partial charge in [-0.2, -0.15) is 0 Å². The van der Waals surface area contributed by atoms with Gasteiger partial charge in [0.2, 0.25) is 0 Å². The van der Waals surface area contributed by atoms with E-state index in [1.807, 2.05) is 0 Å². The zero-order valence-electron chi connectivity index (χ0n) is 9.75. The minimum atomic E-state index is -1.34. The molecular formula is C12H14F2N2O2. The average molecular weight is 256 g/mol. The van der Waals surface area contributed by atoms with Gasteiger partial charge in [0.15, 0.2) is 0 Å². The van der Waals surface area contributed by atoms with E-state index in [-0.39, 0.29) is 11.3 Å². The number of halogens is 2. The number of hydrogen-bond acceptors (Lipinski definition) is 3. The summed E-state index contributed by atoms with van der Waals surface area (Å²) in [5, 5.41) is 11.9. The standard InChI is InChI=1S/C12H14F2N2O2/c13-9-6-8(12(17)18)7-10(14)11(9)16-4-1-2-15-3-5-16/h6-7,15H,1-5H2,(H,17,18). The fourth-order valence-electron chi connectivity index (χ4n) is 2.06. The molecule has 1 saturated heterocycles. The van der Waals surface area contributed by atoms with Crippen LogP contribution in [0, 0.1) is 11.6 Å². The zero-order chi connectivity index (χ0) is 13.1. The van der Waals surface area contributed by atoms with Crippen LogP contribution in [0.3, 0.4) is 0 Å². The van der Waals surface area contributed by atoms with Crippen molar-refractivity contribution in [2.75, 3.05) is 31.1 Å². The second kappa shape index (κ2) is 5.30. The Bertz CT molecular complexity index is 434. The van der Waals surface area contributed by atoms with Crippen molar-refractivity contribution in [2.45, 2.75) is 6.42 Å². The van der Waals surface area contributed by atoms with Gasteiger partial charge in [0.05, 0.1) is 5.56 Å². The van der Waals surface area contributed by atoms with Crippen LogP contribution in [0.4, 0.5) is 14.5 Å². The Morgan fingerprint density at radius 3 is 2.50 bits per heavy atom. The highest BCUT2D eigenvalue weighted by molar-refractivity contribution is 5.88. The fourth-order valence-corrected chi connectivity index (χ4v) is 2.06. The smallest absolute Gasteiger partial charge is 0.335 e. The maximum atomic E-state index is 13.8. The molecule has 0 unspecified atom stereocenters. The van der Waals surface area contributed by atoms with E-state index in [4.69, 9.17) is 5.11 Å². The largest absolute Gasteiger partial charge is 0.478 e. The molecule has 2 N–H and O–H groups in total. The van der Waals surface area contributed by atoms with Crippen molar-refractivity contribution in [3.05, 3.63) is 29.3 Å². The predicted molar refractivity (Wildman–Crippen MR) is 63.0 cm³/mol. The molecular weight excluding hydrogens is 242 g/mol. The Morgan fingerprint density at radius 2 is 1.89 bits per heavy atom. The summed E-state index contributed by atoms with van der Waals surface area (Å²) in [7, 11) is 0. The van der Waals surface area contributed by atoms with E-state index < -0.39 is 17.6 Å². The topological polar surface area (TPSA) is 52.6 Å². The minimum Gasteiger partial charge on any atom is -0.478 e. The molecule has 1 fully saturated rings. The van der Waals surface area contributed by atoms with E-state index in [1.54, 1.807) is 4.90 Å². The molecule has 1 aliphatic rings. The number of rotatable bonds is 2. The molecule has 4 nitrogen and oxygen atoms in total. The molecule has 1 aromatic carbocycles. The van der Waals surface area contributed by atoms with Gasteiger partial charge in [0.25, 0.3) is 0 Å². The number of carboxylic acids is 1. The molecule has 2 rings (SSSR count). The maximum Gasteiger partial charge on any atom is 0.335 e. The lowest BCUT2D eigenvalue weighted by Gasteiger charge is -2.23. The highest BCUT2D eigenvalue weighted by Crippen LogP contribution is 2.25. The Kier molecular flexibility index (Phi) is 3.76. The number of benzene rings is 1. The van der Waals surface area contributed by atoms with Gasteiger partial charge in [0.1, 0.15) is 17.3 Å². The van der Waals surface area contributed by atoms with E-state index >= 15 is 0 Å². The van der Waals surface area contributed by atoms with Crippen LogP contribution in [0.15, 0.2) is 12.1 Å². The Morgan fingerprint density at radius 1 is 1.22 bits per heavy atom. The molecule has 0 saturated carbocycles. The molecule has 98 valence electrons. The van der Waals surface area contributed by atoms with Crippen LogP contribution in [-0.4, -0.2) is 37.3 Å². The summed E-state index contributed by atoms with van der Waals surface area (Å²) in [6.07, 6.45) is 0.791. The van der Waals surface area contributed by atoms with Crippen molar-refractivity contribution in [2.24, 2.45) is 0 Å². The normalized spacial score (nSPS) is 16.4. The molecule has 1 aliphatic heterocycles. The van der Waals surface area contributed by atoms with Gasteiger partial charge >= 0.3 is 5.97 Å². The van der Waals surface area contributed by atoms with Crippen molar-refractivity contribution in [3.63, 3.8) is 0 Å². The van der Waals surface area contributed by atoms with Gasteiger partial charge in [-0.1, -0.05) is 0 Å². The lowest BCUT2D eigenvalue weighted by atomic mass is 10.1. The third kappa shape index (κ3) is 2.59. The van der Waals surface area contributed by atoms with Gasteiger partial charge in [0, 0.05) is 19.6 Å². The van der Waals surface area contributed by atoms with Crippen LogP contribution in [0.2, 0.25) is 0 Å². The summed E-state index contributed by atoms with van der Waals surface area (Å²) in [5.74, 6) is -2.99. The minimum absolute atomic E-state index is 0.135. The molecule has 0 atom stereocenters. The maximum absolute atomic E-state index is 13.8. The van der Waals surface area contributed by atoms with Crippen molar-refractivity contribution < 1.29 is 18.7 Å². The van der Waals surface area contributed by atoms with Crippen molar-refractivity contribution in [1.82, 2.24) is 5.32 Å². The first kappa shape index (κ1) is 12.8. The van der Waals surface area contributed by atoms with E-state index in [9.17, 15) is 13.6 Å². The van der Waals surface area contributed by atoms with Crippen molar-refractivity contribution in [1.29, 1.82) is 0 Å². The van der Waals surface area contributed by atoms with Crippen LogP contribution in [0.5, 0.6) is 0 Å². The molecule has 18 heavy (non-hydrogen) atoms. The number of nitrogens with zero attached hydrogens (tertiary/aromatic N) is 1. The monoisotopic (exact) mass is 256 g/mol. The van der Waals surface area contributed by atoms with Gasteiger partial charge < -0.3 is 15.3 Å². The highest BCUT2D eigenvalue weighted by Gasteiger charge is 2.20. The fraction of sp³-hybridized carbons (Fsp3) is 0.417. The quantitative estimate of drug-likeness (QED) is 0.841. The Balaban J connectivity index is 2.34. The molecule has 6 heteroatoms. The number of carboxylic acid groups (broad SMARTS) is 1. The van der Waals surface area contributed by atoms with Gasteiger partial charge in [-0.3, -0.25) is 0 Å². The van der Waals surface area contributed by atoms with Crippen LogP contribution in [0.1, 0.15) is 16.8 Å². The van der Waals surface area contributed by atoms with Crippen LogP contribution >= 0.6 is 0 Å². The summed E-state index contributed by atoms with van der Waals surface area (Å²) in [6.45, 7) is 2.51. The predicted octanol–water partition coefficient (Wildman–Crippen LogP) is 1.46. The summed E-state index contributed by atoms with van der Waals surface area (Å²) in [6, 6.07) is 1.72. The van der Waals surface area contributed by atoms with Crippen LogP contribution in [0.25, 0.3) is 0 Å². The van der Waals surface area contributed by atoms with Gasteiger partial charge in [-0.25, -0.2) is 13.6 Å². The van der Waals surface area contributed by atoms with Crippen molar-refractivity contribution >= 4 is 11.7 Å². The first-order valence-corrected chi connectivity index (χ1v) is 5.77. The van der Waals surface area contributed by atoms with Gasteiger partial charge in [-0.15, -0.1) is 0 Å². The Hall–Kier alpha value is -1.69. The van der Waals surface area contributed by atoms with E-state index in [1.165, 1.54) is 0 Å². The molecule has 0 spiro atoms. The van der Waals surface area contributed by atoms with E-state index in [0.29, 0.717) is 19.6 Å². The number of aromatic carboxylic acids is 1. The second-order valence-corrected chi connectivity index (χ2v) is 4.18. The molecule has 0 bridgehead atoms.